The van der Waals surface area contributed by atoms with Crippen molar-refractivity contribution >= 4 is 21.8 Å². The minimum absolute atomic E-state index is 0.0165. The number of hydrogen-bond donors (Lipinski definition) is 3. The second-order valence-corrected chi connectivity index (χ2v) is 6.53. The Labute approximate surface area is 149 Å². The lowest BCUT2D eigenvalue weighted by Gasteiger charge is -2.18. The Morgan fingerprint density at radius 2 is 2.04 bits per heavy atom. The second kappa shape index (κ2) is 8.28. The summed E-state index contributed by atoms with van der Waals surface area (Å²) in [5.74, 6) is 0.669. The van der Waals surface area contributed by atoms with Crippen LogP contribution in [0.3, 0.4) is 0 Å². The predicted octanol–water partition coefficient (Wildman–Crippen LogP) is 2.41. The van der Waals surface area contributed by atoms with Crippen LogP contribution in [0.1, 0.15) is 11.6 Å². The van der Waals surface area contributed by atoms with E-state index in [2.05, 4.69) is 32.1 Å². The molecule has 5 nitrogen and oxygen atoms in total. The standard InChI is InChI=1S/C18H20BrN3O2/c19-14-7-4-8-15(11-14)24-10-9-20-18(23)16-12-21-22-17(16)13-5-2-1-3-6-13/h1-8,11,16-17,21-22H,9-10,12H2,(H,20,23). The zero-order chi connectivity index (χ0) is 16.8. The molecule has 0 saturated carbocycles. The molecule has 2 unspecified atom stereocenters. The lowest BCUT2D eigenvalue weighted by atomic mass is 9.94. The number of amides is 1. The Morgan fingerprint density at radius 1 is 1.21 bits per heavy atom. The summed E-state index contributed by atoms with van der Waals surface area (Å²) in [4.78, 5) is 12.4. The van der Waals surface area contributed by atoms with E-state index >= 15 is 0 Å². The third-order valence-corrected chi connectivity index (χ3v) is 4.44. The molecule has 0 radical (unpaired) electrons. The van der Waals surface area contributed by atoms with Gasteiger partial charge in [0.05, 0.1) is 18.5 Å². The van der Waals surface area contributed by atoms with Gasteiger partial charge >= 0.3 is 0 Å². The molecule has 0 aliphatic carbocycles. The van der Waals surface area contributed by atoms with Crippen molar-refractivity contribution in [3.05, 3.63) is 64.6 Å². The molecule has 2 aromatic rings. The molecule has 24 heavy (non-hydrogen) atoms. The highest BCUT2D eigenvalue weighted by molar-refractivity contribution is 9.10. The van der Waals surface area contributed by atoms with Crippen molar-refractivity contribution in [3.8, 4) is 5.75 Å². The van der Waals surface area contributed by atoms with Crippen molar-refractivity contribution in [2.75, 3.05) is 19.7 Å². The maximum atomic E-state index is 12.4. The molecule has 1 amide bonds. The normalized spacial score (nSPS) is 19.9. The Bertz CT molecular complexity index is 681. The summed E-state index contributed by atoms with van der Waals surface area (Å²) in [6, 6.07) is 17.6. The number of carbonyl (C=O) groups excluding carboxylic acids is 1. The first-order chi connectivity index (χ1) is 11.7. The smallest absolute Gasteiger partial charge is 0.226 e. The van der Waals surface area contributed by atoms with Crippen molar-refractivity contribution in [2.45, 2.75) is 6.04 Å². The van der Waals surface area contributed by atoms with Crippen LogP contribution >= 0.6 is 15.9 Å². The number of hydrazine groups is 1. The van der Waals surface area contributed by atoms with Gasteiger partial charge in [0.25, 0.3) is 0 Å². The molecule has 1 saturated heterocycles. The fourth-order valence-electron chi connectivity index (χ4n) is 2.75. The van der Waals surface area contributed by atoms with Crippen LogP contribution in [-0.2, 0) is 4.79 Å². The number of rotatable bonds is 6. The van der Waals surface area contributed by atoms with Gasteiger partial charge < -0.3 is 10.1 Å². The van der Waals surface area contributed by atoms with Crippen molar-refractivity contribution in [2.24, 2.45) is 5.92 Å². The first-order valence-corrected chi connectivity index (χ1v) is 8.73. The SMILES string of the molecule is O=C(NCCOc1cccc(Br)c1)C1CNNC1c1ccccc1. The molecule has 1 heterocycles. The second-order valence-electron chi connectivity index (χ2n) is 5.62. The highest BCUT2D eigenvalue weighted by Crippen LogP contribution is 2.24. The summed E-state index contributed by atoms with van der Waals surface area (Å²) in [7, 11) is 0. The summed E-state index contributed by atoms with van der Waals surface area (Å²) < 4.78 is 6.61. The Hall–Kier alpha value is -1.89. The minimum Gasteiger partial charge on any atom is -0.492 e. The maximum Gasteiger partial charge on any atom is 0.226 e. The van der Waals surface area contributed by atoms with Crippen molar-refractivity contribution in [3.63, 3.8) is 0 Å². The quantitative estimate of drug-likeness (QED) is 0.663. The molecule has 126 valence electrons. The fraction of sp³-hybridized carbons (Fsp3) is 0.278. The van der Waals surface area contributed by atoms with Crippen molar-refractivity contribution in [1.82, 2.24) is 16.2 Å². The molecule has 6 heteroatoms. The fourth-order valence-corrected chi connectivity index (χ4v) is 3.13. The lowest BCUT2D eigenvalue weighted by molar-refractivity contribution is -0.125. The summed E-state index contributed by atoms with van der Waals surface area (Å²) in [5, 5.41) is 2.95. The average Bonchev–Trinajstić information content (AvgIpc) is 3.09. The number of nitrogens with one attached hydrogen (secondary N) is 3. The van der Waals surface area contributed by atoms with Crippen LogP contribution in [0.4, 0.5) is 0 Å². The third kappa shape index (κ3) is 4.35. The van der Waals surface area contributed by atoms with E-state index in [9.17, 15) is 4.79 Å². The zero-order valence-electron chi connectivity index (χ0n) is 13.2. The number of hydrogen-bond acceptors (Lipinski definition) is 4. The molecule has 3 N–H and O–H groups in total. The highest BCUT2D eigenvalue weighted by atomic mass is 79.9. The number of carbonyl (C=O) groups is 1. The Morgan fingerprint density at radius 3 is 2.83 bits per heavy atom. The van der Waals surface area contributed by atoms with Crippen LogP contribution in [0, 0.1) is 5.92 Å². The Balaban J connectivity index is 1.48. The van der Waals surface area contributed by atoms with E-state index in [1.807, 2.05) is 54.6 Å². The van der Waals surface area contributed by atoms with E-state index in [4.69, 9.17) is 4.74 Å². The molecule has 2 atom stereocenters. The number of halogens is 1. The molecule has 1 aliphatic heterocycles. The van der Waals surface area contributed by atoms with Gasteiger partial charge in [-0.2, -0.15) is 0 Å². The van der Waals surface area contributed by atoms with Crippen LogP contribution in [0.25, 0.3) is 0 Å². The molecule has 0 aromatic heterocycles. The highest BCUT2D eigenvalue weighted by Gasteiger charge is 2.33. The summed E-state index contributed by atoms with van der Waals surface area (Å²) in [6.07, 6.45) is 0. The summed E-state index contributed by atoms with van der Waals surface area (Å²) in [5.41, 5.74) is 7.36. The molecular weight excluding hydrogens is 370 g/mol. The van der Waals surface area contributed by atoms with Gasteiger partial charge in [0.2, 0.25) is 5.91 Å². The van der Waals surface area contributed by atoms with Crippen molar-refractivity contribution in [1.29, 1.82) is 0 Å². The monoisotopic (exact) mass is 389 g/mol. The first-order valence-electron chi connectivity index (χ1n) is 7.93. The number of benzene rings is 2. The minimum atomic E-state index is -0.140. The van der Waals surface area contributed by atoms with E-state index in [-0.39, 0.29) is 17.9 Å². The third-order valence-electron chi connectivity index (χ3n) is 3.94. The predicted molar refractivity (Wildman–Crippen MR) is 96.5 cm³/mol. The van der Waals surface area contributed by atoms with E-state index in [1.54, 1.807) is 0 Å². The number of ether oxygens (including phenoxy) is 1. The zero-order valence-corrected chi connectivity index (χ0v) is 14.8. The van der Waals surface area contributed by atoms with Gasteiger partial charge in [-0.3, -0.25) is 10.2 Å². The summed E-state index contributed by atoms with van der Waals surface area (Å²) in [6.45, 7) is 1.52. The molecule has 0 spiro atoms. The van der Waals surface area contributed by atoms with E-state index < -0.39 is 0 Å². The van der Waals surface area contributed by atoms with Gasteiger partial charge in [-0.15, -0.1) is 0 Å². The topological polar surface area (TPSA) is 62.4 Å². The van der Waals surface area contributed by atoms with Crippen molar-refractivity contribution < 1.29 is 9.53 Å². The van der Waals surface area contributed by atoms with Crippen LogP contribution in [0.2, 0.25) is 0 Å². The average molecular weight is 390 g/mol. The molecule has 1 fully saturated rings. The lowest BCUT2D eigenvalue weighted by Crippen LogP contribution is -2.37. The van der Waals surface area contributed by atoms with Crippen LogP contribution < -0.4 is 20.9 Å². The largest absolute Gasteiger partial charge is 0.492 e. The van der Waals surface area contributed by atoms with Gasteiger partial charge in [0, 0.05) is 11.0 Å². The van der Waals surface area contributed by atoms with Crippen LogP contribution in [0.5, 0.6) is 5.75 Å². The molecule has 0 bridgehead atoms. The van der Waals surface area contributed by atoms with E-state index in [0.29, 0.717) is 19.7 Å². The molecular formula is C18H20BrN3O2. The maximum absolute atomic E-state index is 12.4. The van der Waals surface area contributed by atoms with Gasteiger partial charge in [-0.05, 0) is 23.8 Å². The molecule has 3 rings (SSSR count). The van der Waals surface area contributed by atoms with E-state index in [0.717, 1.165) is 15.8 Å². The Kier molecular flexibility index (Phi) is 5.85. The van der Waals surface area contributed by atoms with Crippen LogP contribution in [-0.4, -0.2) is 25.6 Å². The van der Waals surface area contributed by atoms with Crippen LogP contribution in [0.15, 0.2) is 59.1 Å². The van der Waals surface area contributed by atoms with E-state index in [1.165, 1.54) is 0 Å². The van der Waals surface area contributed by atoms with Gasteiger partial charge in [0.1, 0.15) is 12.4 Å². The summed E-state index contributed by atoms with van der Waals surface area (Å²) >= 11 is 3.40. The first kappa shape index (κ1) is 17.0. The van der Waals surface area contributed by atoms with Gasteiger partial charge in [0.15, 0.2) is 0 Å². The van der Waals surface area contributed by atoms with Gasteiger partial charge in [-0.25, -0.2) is 5.43 Å². The molecule has 2 aromatic carbocycles. The molecule has 1 aliphatic rings. The van der Waals surface area contributed by atoms with Gasteiger partial charge in [-0.1, -0.05) is 52.3 Å².